The van der Waals surface area contributed by atoms with Crippen LogP contribution in [0.25, 0.3) is 0 Å². The molecule has 0 atom stereocenters. The number of hydrogen-bond acceptors (Lipinski definition) is 6. The van der Waals surface area contributed by atoms with E-state index in [1.54, 1.807) is 23.2 Å². The van der Waals surface area contributed by atoms with E-state index in [2.05, 4.69) is 9.88 Å². The van der Waals surface area contributed by atoms with Gasteiger partial charge in [-0.05, 0) is 37.1 Å². The Balaban J connectivity index is 1.38. The van der Waals surface area contributed by atoms with Gasteiger partial charge >= 0.3 is 0 Å². The van der Waals surface area contributed by atoms with Gasteiger partial charge < -0.3 is 9.80 Å². The number of carbonyl (C=O) groups excluding carboxylic acids is 2. The van der Waals surface area contributed by atoms with Gasteiger partial charge in [0.05, 0.1) is 5.56 Å². The third-order valence-corrected chi connectivity index (χ3v) is 7.46. The number of nitrogens with zero attached hydrogens (tertiary/aromatic N) is 4. The van der Waals surface area contributed by atoms with Gasteiger partial charge in [0.1, 0.15) is 4.90 Å². The number of fused-ring (bicyclic) bond motifs is 1. The highest BCUT2D eigenvalue weighted by Gasteiger charge is 2.40. The summed E-state index contributed by atoms with van der Waals surface area (Å²) in [5.74, 6) is -0.698. The van der Waals surface area contributed by atoms with Crippen LogP contribution in [0.15, 0.2) is 47.6 Å². The second-order valence-corrected chi connectivity index (χ2v) is 9.34. The highest BCUT2D eigenvalue weighted by Crippen LogP contribution is 2.30. The van der Waals surface area contributed by atoms with Gasteiger partial charge in [0, 0.05) is 57.2 Å². The van der Waals surface area contributed by atoms with Crippen molar-refractivity contribution in [3.63, 3.8) is 0 Å². The number of aryl methyl sites for hydroxylation is 1. The second-order valence-electron chi connectivity index (χ2n) is 7.51. The van der Waals surface area contributed by atoms with E-state index in [0.717, 1.165) is 28.5 Å². The minimum atomic E-state index is -3.88. The van der Waals surface area contributed by atoms with Gasteiger partial charge in [-0.2, -0.15) is 0 Å². The lowest BCUT2D eigenvalue weighted by Gasteiger charge is -2.25. The smallest absolute Gasteiger partial charge is 0.269 e. The molecule has 2 aliphatic heterocycles. The molecule has 1 saturated heterocycles. The van der Waals surface area contributed by atoms with Crippen molar-refractivity contribution in [3.05, 3.63) is 53.9 Å². The molecule has 2 amide bonds. The van der Waals surface area contributed by atoms with Gasteiger partial charge in [0.2, 0.25) is 5.91 Å². The lowest BCUT2D eigenvalue weighted by atomic mass is 10.2. The Hall–Kier alpha value is -2.94. The van der Waals surface area contributed by atoms with Crippen LogP contribution in [0.2, 0.25) is 0 Å². The number of pyridine rings is 1. The fraction of sp³-hybridized carbons (Fsp3) is 0.381. The number of aromatic nitrogens is 1. The molecule has 1 aromatic heterocycles. The molecule has 0 aliphatic carbocycles. The normalized spacial score (nSPS) is 18.3. The minimum Gasteiger partial charge on any atom is -0.369 e. The van der Waals surface area contributed by atoms with Crippen molar-refractivity contribution < 1.29 is 18.0 Å². The van der Waals surface area contributed by atoms with E-state index in [-0.39, 0.29) is 29.3 Å². The fourth-order valence-corrected chi connectivity index (χ4v) is 5.61. The summed E-state index contributed by atoms with van der Waals surface area (Å²) in [4.78, 5) is 33.4. The molecule has 0 unspecified atom stereocenters. The van der Waals surface area contributed by atoms with Crippen LogP contribution in [-0.2, 0) is 14.8 Å². The van der Waals surface area contributed by atoms with Crippen molar-refractivity contribution in [2.24, 2.45) is 0 Å². The van der Waals surface area contributed by atoms with Crippen molar-refractivity contribution in [2.75, 3.05) is 37.6 Å². The van der Waals surface area contributed by atoms with E-state index in [9.17, 15) is 18.0 Å². The van der Waals surface area contributed by atoms with Crippen LogP contribution >= 0.6 is 0 Å². The molecule has 0 radical (unpaired) electrons. The van der Waals surface area contributed by atoms with Crippen molar-refractivity contribution in [2.45, 2.75) is 24.7 Å². The molecule has 30 heavy (non-hydrogen) atoms. The molecule has 0 saturated carbocycles. The van der Waals surface area contributed by atoms with Gasteiger partial charge in [-0.1, -0.05) is 12.1 Å². The minimum absolute atomic E-state index is 0.0144. The number of carbonyl (C=O) groups is 2. The van der Waals surface area contributed by atoms with Crippen molar-refractivity contribution >= 4 is 27.5 Å². The predicted octanol–water partition coefficient (Wildman–Crippen LogP) is 1.66. The van der Waals surface area contributed by atoms with E-state index in [0.29, 0.717) is 19.6 Å². The van der Waals surface area contributed by atoms with Crippen LogP contribution < -0.4 is 4.90 Å². The Morgan fingerprint density at radius 2 is 1.90 bits per heavy atom. The molecule has 9 heteroatoms. The zero-order valence-corrected chi connectivity index (χ0v) is 17.6. The van der Waals surface area contributed by atoms with Gasteiger partial charge in [-0.3, -0.25) is 14.6 Å². The molecule has 3 heterocycles. The Morgan fingerprint density at radius 3 is 2.67 bits per heavy atom. The summed E-state index contributed by atoms with van der Waals surface area (Å²) in [7, 11) is -3.88. The third-order valence-electron chi connectivity index (χ3n) is 5.62. The van der Waals surface area contributed by atoms with Gasteiger partial charge in [0.25, 0.3) is 15.9 Å². The number of rotatable bonds is 4. The summed E-state index contributed by atoms with van der Waals surface area (Å²) in [5.41, 5.74) is 2.38. The molecular weight excluding hydrogens is 404 g/mol. The number of sulfonamides is 1. The first kappa shape index (κ1) is 20.3. The first-order valence-electron chi connectivity index (χ1n) is 9.99. The van der Waals surface area contributed by atoms with E-state index in [1.165, 1.54) is 12.1 Å². The predicted molar refractivity (Wildman–Crippen MR) is 112 cm³/mol. The number of amides is 2. The summed E-state index contributed by atoms with van der Waals surface area (Å²) in [6.45, 7) is 4.58. The maximum absolute atomic E-state index is 12.8. The Kier molecular flexibility index (Phi) is 5.46. The average Bonchev–Trinajstić information content (AvgIpc) is 2.90. The van der Waals surface area contributed by atoms with Gasteiger partial charge in [-0.15, -0.1) is 0 Å². The molecule has 8 nitrogen and oxygen atoms in total. The third kappa shape index (κ3) is 3.65. The molecule has 0 bridgehead atoms. The van der Waals surface area contributed by atoms with Crippen LogP contribution in [0.5, 0.6) is 0 Å². The van der Waals surface area contributed by atoms with E-state index in [4.69, 9.17) is 0 Å². The van der Waals surface area contributed by atoms with Crippen LogP contribution in [0.3, 0.4) is 0 Å². The standard InChI is InChI=1S/C21H24N4O4S/c1-16-15-22-9-7-18(16)23-10-4-11-24(14-13-23)20(26)8-12-25-21(27)17-5-2-3-6-19(17)30(25,28)29/h2-3,5-7,9,15H,4,8,10-14H2,1H3. The quantitative estimate of drug-likeness (QED) is 0.736. The Morgan fingerprint density at radius 1 is 1.10 bits per heavy atom. The molecule has 1 fully saturated rings. The van der Waals surface area contributed by atoms with E-state index >= 15 is 0 Å². The molecule has 158 valence electrons. The zero-order chi connectivity index (χ0) is 21.3. The molecule has 1 aromatic carbocycles. The van der Waals surface area contributed by atoms with E-state index < -0.39 is 15.9 Å². The molecule has 2 aromatic rings. The van der Waals surface area contributed by atoms with Crippen molar-refractivity contribution in [1.29, 1.82) is 0 Å². The van der Waals surface area contributed by atoms with Gasteiger partial charge in [-0.25, -0.2) is 12.7 Å². The molecule has 0 N–H and O–H groups in total. The lowest BCUT2D eigenvalue weighted by Crippen LogP contribution is -2.38. The summed E-state index contributed by atoms with van der Waals surface area (Å²) in [5, 5.41) is 0. The second kappa shape index (κ2) is 8.06. The first-order valence-corrected chi connectivity index (χ1v) is 11.4. The number of anilines is 1. The highest BCUT2D eigenvalue weighted by atomic mass is 32.2. The number of hydrogen-bond donors (Lipinski definition) is 0. The first-order chi connectivity index (χ1) is 14.4. The summed E-state index contributed by atoms with van der Waals surface area (Å²) >= 11 is 0. The SMILES string of the molecule is Cc1cnccc1N1CCCN(C(=O)CCN2C(=O)c3ccccc3S2(=O)=O)CC1. The highest BCUT2D eigenvalue weighted by molar-refractivity contribution is 7.90. The molecule has 4 rings (SSSR count). The Labute approximate surface area is 176 Å². The van der Waals surface area contributed by atoms with Crippen molar-refractivity contribution in [1.82, 2.24) is 14.2 Å². The van der Waals surface area contributed by atoms with Crippen LogP contribution in [-0.4, -0.2) is 67.1 Å². The summed E-state index contributed by atoms with van der Waals surface area (Å²) in [6.07, 6.45) is 4.39. The van der Waals surface area contributed by atoms with E-state index in [1.807, 2.05) is 19.2 Å². The fourth-order valence-electron chi connectivity index (χ4n) is 4.04. The topological polar surface area (TPSA) is 90.9 Å². The van der Waals surface area contributed by atoms with Crippen LogP contribution in [0.4, 0.5) is 5.69 Å². The van der Waals surface area contributed by atoms with Crippen molar-refractivity contribution in [3.8, 4) is 0 Å². The molecule has 0 spiro atoms. The zero-order valence-electron chi connectivity index (χ0n) is 16.8. The van der Waals surface area contributed by atoms with Crippen LogP contribution in [0, 0.1) is 6.92 Å². The maximum atomic E-state index is 12.8. The largest absolute Gasteiger partial charge is 0.369 e. The number of benzene rings is 1. The van der Waals surface area contributed by atoms with Crippen LogP contribution in [0.1, 0.15) is 28.8 Å². The monoisotopic (exact) mass is 428 g/mol. The maximum Gasteiger partial charge on any atom is 0.269 e. The molecule has 2 aliphatic rings. The lowest BCUT2D eigenvalue weighted by molar-refractivity contribution is -0.131. The summed E-state index contributed by atoms with van der Waals surface area (Å²) in [6, 6.07) is 8.13. The Bertz CT molecular complexity index is 1090. The summed E-state index contributed by atoms with van der Waals surface area (Å²) < 4.78 is 26.1. The molecular formula is C21H24N4O4S. The van der Waals surface area contributed by atoms with Gasteiger partial charge in [0.15, 0.2) is 0 Å². The average molecular weight is 429 g/mol.